The molecule has 3 nitrogen and oxygen atoms in total. The molecule has 120 valence electrons. The molecule has 2 saturated heterocycles. The van der Waals surface area contributed by atoms with Crippen molar-refractivity contribution >= 4 is 17.5 Å². The molecule has 0 unspecified atom stereocenters. The molecule has 5 heteroatoms. The van der Waals surface area contributed by atoms with Crippen molar-refractivity contribution in [3.05, 3.63) is 34.9 Å². The summed E-state index contributed by atoms with van der Waals surface area (Å²) in [5.41, 5.74) is 1.08. The number of carbonyl (C=O) groups is 1. The third kappa shape index (κ3) is 3.28. The first-order chi connectivity index (χ1) is 10.5. The molecule has 1 amide bonds. The molecule has 0 bridgehead atoms. The van der Waals surface area contributed by atoms with E-state index in [1.807, 2.05) is 41.0 Å². The summed E-state index contributed by atoms with van der Waals surface area (Å²) >= 11 is 5.88. The van der Waals surface area contributed by atoms with E-state index in [1.54, 1.807) is 0 Å². The second-order valence-corrected chi connectivity index (χ2v) is 6.90. The first-order valence-corrected chi connectivity index (χ1v) is 8.34. The third-order valence-corrected chi connectivity index (χ3v) is 5.15. The molecule has 0 radical (unpaired) electrons. The van der Waals surface area contributed by atoms with Crippen molar-refractivity contribution in [3.8, 4) is 0 Å². The van der Waals surface area contributed by atoms with Crippen LogP contribution in [-0.4, -0.2) is 47.6 Å². The smallest absolute Gasteiger partial charge is 0.240 e. The monoisotopic (exact) mass is 324 g/mol. The summed E-state index contributed by atoms with van der Waals surface area (Å²) in [6, 6.07) is 7.44. The van der Waals surface area contributed by atoms with Crippen LogP contribution in [0.4, 0.5) is 4.39 Å². The van der Waals surface area contributed by atoms with Crippen molar-refractivity contribution < 1.29 is 9.18 Å². The van der Waals surface area contributed by atoms with E-state index in [0.717, 1.165) is 31.5 Å². The van der Waals surface area contributed by atoms with E-state index in [9.17, 15) is 9.18 Å². The molecule has 2 aliphatic heterocycles. The van der Waals surface area contributed by atoms with E-state index >= 15 is 0 Å². The van der Waals surface area contributed by atoms with Crippen molar-refractivity contribution in [2.24, 2.45) is 5.92 Å². The van der Waals surface area contributed by atoms with E-state index < -0.39 is 6.17 Å². The number of halogens is 2. The lowest BCUT2D eigenvalue weighted by Gasteiger charge is -2.36. The van der Waals surface area contributed by atoms with Crippen molar-refractivity contribution in [3.63, 3.8) is 0 Å². The number of hydrogen-bond acceptors (Lipinski definition) is 2. The SMILES string of the molecule is C[C@H]1CCN([C@@H]2CCN(Cc3ccc(Cl)cc3)C2=O)C[C@@H]1F. The Bertz CT molecular complexity index is 536. The van der Waals surface area contributed by atoms with E-state index in [2.05, 4.69) is 0 Å². The average molecular weight is 325 g/mol. The van der Waals surface area contributed by atoms with Crippen LogP contribution in [0, 0.1) is 5.92 Å². The van der Waals surface area contributed by atoms with Crippen LogP contribution in [0.3, 0.4) is 0 Å². The predicted molar refractivity (Wildman–Crippen MR) is 85.5 cm³/mol. The summed E-state index contributed by atoms with van der Waals surface area (Å²) in [6.07, 6.45) is 0.821. The van der Waals surface area contributed by atoms with Crippen LogP contribution in [-0.2, 0) is 11.3 Å². The lowest BCUT2D eigenvalue weighted by Crippen LogP contribution is -2.49. The van der Waals surface area contributed by atoms with Gasteiger partial charge >= 0.3 is 0 Å². The van der Waals surface area contributed by atoms with Gasteiger partial charge in [0, 0.05) is 24.7 Å². The molecular formula is C17H22ClFN2O. The highest BCUT2D eigenvalue weighted by molar-refractivity contribution is 6.30. The number of benzene rings is 1. The molecule has 0 saturated carbocycles. The highest BCUT2D eigenvalue weighted by Crippen LogP contribution is 2.26. The summed E-state index contributed by atoms with van der Waals surface area (Å²) in [4.78, 5) is 16.5. The summed E-state index contributed by atoms with van der Waals surface area (Å²) in [5, 5.41) is 0.700. The molecule has 2 aliphatic rings. The number of rotatable bonds is 3. The number of alkyl halides is 1. The predicted octanol–water partition coefficient (Wildman–Crippen LogP) is 3.12. The Balaban J connectivity index is 1.61. The molecule has 0 spiro atoms. The van der Waals surface area contributed by atoms with E-state index in [4.69, 9.17) is 11.6 Å². The van der Waals surface area contributed by atoms with Gasteiger partial charge in [0.05, 0.1) is 6.04 Å². The van der Waals surface area contributed by atoms with Crippen molar-refractivity contribution in [2.45, 2.75) is 38.5 Å². The molecule has 2 fully saturated rings. The van der Waals surface area contributed by atoms with Gasteiger partial charge in [0.1, 0.15) is 6.17 Å². The zero-order valence-corrected chi connectivity index (χ0v) is 13.6. The van der Waals surface area contributed by atoms with Gasteiger partial charge in [-0.05, 0) is 43.0 Å². The Hall–Kier alpha value is -1.13. The zero-order valence-electron chi connectivity index (χ0n) is 12.8. The largest absolute Gasteiger partial charge is 0.337 e. The maximum Gasteiger partial charge on any atom is 0.240 e. The summed E-state index contributed by atoms with van der Waals surface area (Å²) in [6.45, 7) is 4.52. The topological polar surface area (TPSA) is 23.6 Å². The van der Waals surface area contributed by atoms with Crippen LogP contribution in [0.2, 0.25) is 5.02 Å². The van der Waals surface area contributed by atoms with Crippen LogP contribution in [0.5, 0.6) is 0 Å². The lowest BCUT2D eigenvalue weighted by atomic mass is 9.96. The molecule has 3 atom stereocenters. The van der Waals surface area contributed by atoms with Gasteiger partial charge < -0.3 is 4.90 Å². The molecule has 2 heterocycles. The van der Waals surface area contributed by atoms with Crippen LogP contribution >= 0.6 is 11.6 Å². The summed E-state index contributed by atoms with van der Waals surface area (Å²) in [7, 11) is 0. The van der Waals surface area contributed by atoms with Crippen LogP contribution < -0.4 is 0 Å². The van der Waals surface area contributed by atoms with Gasteiger partial charge in [-0.25, -0.2) is 4.39 Å². The van der Waals surface area contributed by atoms with Gasteiger partial charge in [-0.3, -0.25) is 9.69 Å². The Kier molecular flexibility index (Phi) is 4.69. The first-order valence-electron chi connectivity index (χ1n) is 7.96. The van der Waals surface area contributed by atoms with Crippen molar-refractivity contribution in [1.29, 1.82) is 0 Å². The first kappa shape index (κ1) is 15.8. The van der Waals surface area contributed by atoms with Gasteiger partial charge in [0.15, 0.2) is 0 Å². The molecule has 0 aliphatic carbocycles. The fraction of sp³-hybridized carbons (Fsp3) is 0.588. The molecule has 22 heavy (non-hydrogen) atoms. The minimum atomic E-state index is -0.813. The number of nitrogens with zero attached hydrogens (tertiary/aromatic N) is 2. The number of piperidine rings is 1. The zero-order chi connectivity index (χ0) is 15.7. The number of likely N-dealkylation sites (tertiary alicyclic amines) is 2. The molecule has 0 aromatic heterocycles. The van der Waals surface area contributed by atoms with E-state index in [1.165, 1.54) is 0 Å². The maximum atomic E-state index is 13.9. The summed E-state index contributed by atoms with van der Waals surface area (Å²) < 4.78 is 13.9. The molecule has 3 rings (SSSR count). The second kappa shape index (κ2) is 6.55. The van der Waals surface area contributed by atoms with E-state index in [-0.39, 0.29) is 17.9 Å². The fourth-order valence-corrected chi connectivity index (χ4v) is 3.48. The number of carbonyl (C=O) groups excluding carboxylic acids is 1. The fourth-order valence-electron chi connectivity index (χ4n) is 3.36. The molecular weight excluding hydrogens is 303 g/mol. The average Bonchev–Trinajstić information content (AvgIpc) is 2.86. The highest BCUT2D eigenvalue weighted by Gasteiger charge is 2.39. The van der Waals surface area contributed by atoms with Gasteiger partial charge in [0.2, 0.25) is 5.91 Å². The van der Waals surface area contributed by atoms with Gasteiger partial charge in [0.25, 0.3) is 0 Å². The Labute approximate surface area is 136 Å². The van der Waals surface area contributed by atoms with Crippen molar-refractivity contribution in [2.75, 3.05) is 19.6 Å². The normalized spacial score (nSPS) is 30.0. The van der Waals surface area contributed by atoms with Gasteiger partial charge in [-0.2, -0.15) is 0 Å². The molecule has 0 N–H and O–H groups in total. The quantitative estimate of drug-likeness (QED) is 0.853. The lowest BCUT2D eigenvalue weighted by molar-refractivity contribution is -0.133. The second-order valence-electron chi connectivity index (χ2n) is 6.47. The number of hydrogen-bond donors (Lipinski definition) is 0. The van der Waals surface area contributed by atoms with Crippen molar-refractivity contribution in [1.82, 2.24) is 9.80 Å². The minimum absolute atomic E-state index is 0.109. The van der Waals surface area contributed by atoms with Crippen LogP contribution in [0.15, 0.2) is 24.3 Å². The Morgan fingerprint density at radius 3 is 2.64 bits per heavy atom. The van der Waals surface area contributed by atoms with Gasteiger partial charge in [-0.1, -0.05) is 30.7 Å². The molecule has 1 aromatic rings. The van der Waals surface area contributed by atoms with Crippen LogP contribution in [0.25, 0.3) is 0 Å². The van der Waals surface area contributed by atoms with Crippen LogP contribution in [0.1, 0.15) is 25.3 Å². The number of amides is 1. The molecule has 1 aromatic carbocycles. The standard InChI is InChI=1S/C17H22ClFN2O/c1-12-6-8-20(11-15(12)19)16-7-9-21(17(16)22)10-13-2-4-14(18)5-3-13/h2-5,12,15-16H,6-11H2,1H3/t12-,15-,16+/m0/s1. The Morgan fingerprint density at radius 1 is 1.23 bits per heavy atom. The van der Waals surface area contributed by atoms with E-state index in [0.29, 0.717) is 18.1 Å². The highest BCUT2D eigenvalue weighted by atomic mass is 35.5. The van der Waals surface area contributed by atoms with Gasteiger partial charge in [-0.15, -0.1) is 0 Å². The third-order valence-electron chi connectivity index (χ3n) is 4.89. The summed E-state index contributed by atoms with van der Waals surface area (Å²) in [5.74, 6) is 0.245. The maximum absolute atomic E-state index is 13.9. The Morgan fingerprint density at radius 2 is 1.95 bits per heavy atom. The minimum Gasteiger partial charge on any atom is -0.337 e.